The number of nitrogens with two attached hydrogens (primary N) is 1. The molecule has 0 amide bonds. The number of rotatable bonds is 2. The first kappa shape index (κ1) is 13.3. The van der Waals surface area contributed by atoms with Gasteiger partial charge in [0.05, 0.1) is 4.34 Å². The third kappa shape index (κ3) is 3.08. The zero-order valence-electron chi connectivity index (χ0n) is 8.65. The summed E-state index contributed by atoms with van der Waals surface area (Å²) in [5.41, 5.74) is 7.20. The third-order valence-corrected chi connectivity index (χ3v) is 4.08. The van der Waals surface area contributed by atoms with Crippen molar-refractivity contribution in [3.8, 4) is 0 Å². The van der Waals surface area contributed by atoms with E-state index in [1.165, 1.54) is 5.56 Å². The Morgan fingerprint density at radius 3 is 2.80 bits per heavy atom. The van der Waals surface area contributed by atoms with Crippen LogP contribution in [0.3, 0.4) is 0 Å². The fourth-order valence-electron chi connectivity index (χ4n) is 1.90. The highest BCUT2D eigenvalue weighted by molar-refractivity contribution is 7.14. The first-order valence-electron chi connectivity index (χ1n) is 4.86. The van der Waals surface area contributed by atoms with Gasteiger partial charge in [-0.1, -0.05) is 18.5 Å². The molecule has 2 unspecified atom stereocenters. The van der Waals surface area contributed by atoms with Crippen molar-refractivity contribution in [1.82, 2.24) is 4.90 Å². The van der Waals surface area contributed by atoms with Crippen molar-refractivity contribution in [3.63, 3.8) is 0 Å². The lowest BCUT2D eigenvalue weighted by molar-refractivity contribution is 0.319. The molecule has 0 saturated carbocycles. The van der Waals surface area contributed by atoms with E-state index in [2.05, 4.69) is 17.9 Å². The monoisotopic (exact) mass is 266 g/mol. The molecule has 0 spiro atoms. The number of halogens is 2. The van der Waals surface area contributed by atoms with Crippen molar-refractivity contribution >= 4 is 35.3 Å². The van der Waals surface area contributed by atoms with Crippen molar-refractivity contribution in [2.75, 3.05) is 13.1 Å². The molecule has 2 atom stereocenters. The Morgan fingerprint density at radius 2 is 2.33 bits per heavy atom. The lowest BCUT2D eigenvalue weighted by Gasteiger charge is -2.14. The van der Waals surface area contributed by atoms with E-state index in [9.17, 15) is 0 Å². The van der Waals surface area contributed by atoms with Gasteiger partial charge in [0.2, 0.25) is 0 Å². The second kappa shape index (κ2) is 5.51. The van der Waals surface area contributed by atoms with Gasteiger partial charge in [-0.2, -0.15) is 0 Å². The van der Waals surface area contributed by atoms with Crippen molar-refractivity contribution < 1.29 is 0 Å². The number of hydrogen-bond acceptors (Lipinski definition) is 3. The zero-order chi connectivity index (χ0) is 10.1. The number of hydrogen-bond donors (Lipinski definition) is 1. The molecular formula is C10H16Cl2N2S. The summed E-state index contributed by atoms with van der Waals surface area (Å²) < 4.78 is 0.915. The molecule has 2 nitrogen and oxygen atoms in total. The van der Waals surface area contributed by atoms with Crippen molar-refractivity contribution in [2.24, 2.45) is 11.7 Å². The summed E-state index contributed by atoms with van der Waals surface area (Å²) in [6.07, 6.45) is 0. The van der Waals surface area contributed by atoms with E-state index in [0.29, 0.717) is 12.0 Å². The molecule has 1 aliphatic heterocycles. The maximum absolute atomic E-state index is 6.05. The Kier molecular flexibility index (Phi) is 4.87. The molecule has 1 aromatic rings. The van der Waals surface area contributed by atoms with Gasteiger partial charge in [-0.15, -0.1) is 23.7 Å². The van der Waals surface area contributed by atoms with E-state index in [1.807, 2.05) is 5.38 Å². The van der Waals surface area contributed by atoms with Crippen LogP contribution in [0.25, 0.3) is 0 Å². The summed E-state index contributed by atoms with van der Waals surface area (Å²) in [6, 6.07) is 2.43. The van der Waals surface area contributed by atoms with E-state index < -0.39 is 0 Å². The second-order valence-electron chi connectivity index (χ2n) is 4.05. The van der Waals surface area contributed by atoms with Gasteiger partial charge in [0.1, 0.15) is 0 Å². The summed E-state index contributed by atoms with van der Waals surface area (Å²) in [7, 11) is 0. The number of nitrogens with zero attached hydrogens (tertiary/aromatic N) is 1. The van der Waals surface area contributed by atoms with Crippen LogP contribution in [0.4, 0.5) is 0 Å². The lowest BCUT2D eigenvalue weighted by atomic mass is 10.1. The lowest BCUT2D eigenvalue weighted by Crippen LogP contribution is -2.28. The van der Waals surface area contributed by atoms with E-state index in [0.717, 1.165) is 24.0 Å². The molecule has 0 bridgehead atoms. The van der Waals surface area contributed by atoms with Gasteiger partial charge in [0.15, 0.2) is 0 Å². The maximum Gasteiger partial charge on any atom is 0.0973 e. The molecule has 0 radical (unpaired) electrons. The predicted molar refractivity (Wildman–Crippen MR) is 69.0 cm³/mol. The molecule has 86 valence electrons. The van der Waals surface area contributed by atoms with Gasteiger partial charge in [-0.05, 0) is 22.9 Å². The van der Waals surface area contributed by atoms with E-state index in [4.69, 9.17) is 17.3 Å². The van der Waals surface area contributed by atoms with E-state index >= 15 is 0 Å². The minimum atomic E-state index is 0. The van der Waals surface area contributed by atoms with Gasteiger partial charge in [0, 0.05) is 25.7 Å². The average Bonchev–Trinajstić information content (AvgIpc) is 2.63. The van der Waals surface area contributed by atoms with Crippen LogP contribution in [-0.2, 0) is 6.54 Å². The van der Waals surface area contributed by atoms with Gasteiger partial charge in [0.25, 0.3) is 0 Å². The third-order valence-electron chi connectivity index (χ3n) is 2.83. The predicted octanol–water partition coefficient (Wildman–Crippen LogP) is 2.60. The highest BCUT2D eigenvalue weighted by atomic mass is 35.5. The Bertz CT molecular complexity index is 306. The molecule has 1 fully saturated rings. The smallest absolute Gasteiger partial charge is 0.0973 e. The largest absolute Gasteiger partial charge is 0.326 e. The topological polar surface area (TPSA) is 29.3 Å². The quantitative estimate of drug-likeness (QED) is 0.892. The molecule has 5 heteroatoms. The van der Waals surface area contributed by atoms with Crippen LogP contribution in [0.1, 0.15) is 12.5 Å². The molecule has 1 saturated heterocycles. The molecule has 2 heterocycles. The molecule has 2 rings (SSSR count). The van der Waals surface area contributed by atoms with Gasteiger partial charge in [-0.25, -0.2) is 0 Å². The van der Waals surface area contributed by atoms with Crippen LogP contribution >= 0.6 is 35.3 Å². The second-order valence-corrected chi connectivity index (χ2v) is 5.57. The Hall–Kier alpha value is 0.200. The number of thiophene rings is 1. The molecule has 0 aromatic carbocycles. The summed E-state index contributed by atoms with van der Waals surface area (Å²) in [5.74, 6) is 0.604. The van der Waals surface area contributed by atoms with Crippen LogP contribution in [-0.4, -0.2) is 24.0 Å². The van der Waals surface area contributed by atoms with Crippen LogP contribution in [0.15, 0.2) is 11.4 Å². The highest BCUT2D eigenvalue weighted by Crippen LogP contribution is 2.26. The fourth-order valence-corrected chi connectivity index (χ4v) is 2.81. The van der Waals surface area contributed by atoms with Crippen LogP contribution in [0, 0.1) is 5.92 Å². The molecule has 1 aliphatic rings. The van der Waals surface area contributed by atoms with Gasteiger partial charge in [-0.3, -0.25) is 4.90 Å². The summed E-state index contributed by atoms with van der Waals surface area (Å²) >= 11 is 7.65. The SMILES string of the molecule is CC1CN(Cc2ccsc2Cl)CC1N.Cl. The minimum Gasteiger partial charge on any atom is -0.326 e. The van der Waals surface area contributed by atoms with Crippen molar-refractivity contribution in [2.45, 2.75) is 19.5 Å². The van der Waals surface area contributed by atoms with Crippen molar-refractivity contribution in [1.29, 1.82) is 0 Å². The first-order valence-corrected chi connectivity index (χ1v) is 6.12. The van der Waals surface area contributed by atoms with Crippen LogP contribution in [0.2, 0.25) is 4.34 Å². The fraction of sp³-hybridized carbons (Fsp3) is 0.600. The zero-order valence-corrected chi connectivity index (χ0v) is 11.0. The Labute approximate surface area is 106 Å². The first-order chi connectivity index (χ1) is 6.66. The molecule has 15 heavy (non-hydrogen) atoms. The Morgan fingerprint density at radius 1 is 1.60 bits per heavy atom. The van der Waals surface area contributed by atoms with Crippen LogP contribution in [0.5, 0.6) is 0 Å². The van der Waals surface area contributed by atoms with Gasteiger partial charge >= 0.3 is 0 Å². The standard InChI is InChI=1S/C10H15ClN2S.ClH/c1-7-4-13(6-9(7)12)5-8-2-3-14-10(8)11;/h2-3,7,9H,4-6,12H2,1H3;1H. The molecule has 1 aromatic heterocycles. The molecular weight excluding hydrogens is 251 g/mol. The van der Waals surface area contributed by atoms with E-state index in [1.54, 1.807) is 11.3 Å². The molecule has 2 N–H and O–H groups in total. The van der Waals surface area contributed by atoms with E-state index in [-0.39, 0.29) is 12.4 Å². The molecule has 0 aliphatic carbocycles. The minimum absolute atomic E-state index is 0. The van der Waals surface area contributed by atoms with Crippen LogP contribution < -0.4 is 5.73 Å². The summed E-state index contributed by atoms with van der Waals surface area (Å²) in [5, 5.41) is 2.04. The van der Waals surface area contributed by atoms with Gasteiger partial charge < -0.3 is 5.73 Å². The normalized spacial score (nSPS) is 26.6. The maximum atomic E-state index is 6.05. The highest BCUT2D eigenvalue weighted by Gasteiger charge is 2.26. The number of likely N-dealkylation sites (tertiary alicyclic amines) is 1. The average molecular weight is 267 g/mol. The summed E-state index contributed by atoms with van der Waals surface area (Å²) in [6.45, 7) is 5.24. The summed E-state index contributed by atoms with van der Waals surface area (Å²) in [4.78, 5) is 2.38. The van der Waals surface area contributed by atoms with Crippen molar-refractivity contribution in [3.05, 3.63) is 21.3 Å². The Balaban J connectivity index is 0.00000112.